The predicted octanol–water partition coefficient (Wildman–Crippen LogP) is 5.20. The Morgan fingerprint density at radius 1 is 1.32 bits per heavy atom. The van der Waals surface area contributed by atoms with E-state index in [2.05, 4.69) is 4.99 Å². The number of thiophene rings is 1. The number of aliphatic imine (C=N–C) groups is 1. The van der Waals surface area contributed by atoms with E-state index in [4.69, 9.17) is 4.74 Å². The van der Waals surface area contributed by atoms with Gasteiger partial charge in [0, 0.05) is 23.4 Å². The van der Waals surface area contributed by atoms with Crippen LogP contribution in [-0.2, 0) is 9.53 Å². The van der Waals surface area contributed by atoms with Gasteiger partial charge in [-0.3, -0.25) is 4.79 Å². The van der Waals surface area contributed by atoms with Gasteiger partial charge in [-0.05, 0) is 38.3 Å². The number of carbonyl (C=O) groups is 2. The minimum absolute atomic E-state index is 0.0360. The second-order valence-corrected chi connectivity index (χ2v) is 7.87. The van der Waals surface area contributed by atoms with Crippen LogP contribution in [0.25, 0.3) is 0 Å². The fourth-order valence-corrected chi connectivity index (χ4v) is 4.28. The number of esters is 1. The van der Waals surface area contributed by atoms with Crippen LogP contribution in [0.5, 0.6) is 0 Å². The molecule has 0 bridgehead atoms. The molecule has 0 saturated carbocycles. The van der Waals surface area contributed by atoms with Crippen LogP contribution in [0.2, 0.25) is 0 Å². The molecule has 3 rings (SSSR count). The molecular formula is C22H23NO4S. The topological polar surface area (TPSA) is 76.0 Å². The minimum Gasteiger partial charge on any atom is -0.511 e. The van der Waals surface area contributed by atoms with Crippen molar-refractivity contribution in [1.82, 2.24) is 0 Å². The second-order valence-electron chi connectivity index (χ2n) is 6.67. The van der Waals surface area contributed by atoms with E-state index in [-0.39, 0.29) is 29.6 Å². The van der Waals surface area contributed by atoms with E-state index in [1.807, 2.05) is 44.2 Å². The molecule has 1 aliphatic rings. The molecule has 0 fully saturated rings. The Balaban J connectivity index is 1.98. The lowest BCUT2D eigenvalue weighted by molar-refractivity contribution is -0.115. The van der Waals surface area contributed by atoms with E-state index in [0.717, 1.165) is 16.0 Å². The van der Waals surface area contributed by atoms with E-state index in [9.17, 15) is 14.7 Å². The number of rotatable bonds is 5. The number of Topliss-reactive ketones (excluding diaryl/α,β-unsaturated/α-hetero) is 1. The summed E-state index contributed by atoms with van der Waals surface area (Å²) in [5.41, 5.74) is 2.42. The number of aliphatic hydroxyl groups excluding tert-OH is 1. The maximum Gasteiger partial charge on any atom is 0.341 e. The highest BCUT2D eigenvalue weighted by Gasteiger charge is 2.29. The summed E-state index contributed by atoms with van der Waals surface area (Å²) in [6.07, 6.45) is 2.30. The van der Waals surface area contributed by atoms with Crippen molar-refractivity contribution in [2.45, 2.75) is 39.5 Å². The lowest BCUT2D eigenvalue weighted by Crippen LogP contribution is -2.19. The van der Waals surface area contributed by atoms with Crippen molar-refractivity contribution in [3.63, 3.8) is 0 Å². The van der Waals surface area contributed by atoms with E-state index < -0.39 is 5.97 Å². The minimum atomic E-state index is -0.424. The molecule has 146 valence electrons. The number of benzene rings is 1. The van der Waals surface area contributed by atoms with Gasteiger partial charge < -0.3 is 9.84 Å². The summed E-state index contributed by atoms with van der Waals surface area (Å²) in [6.45, 7) is 5.79. The Kier molecular flexibility index (Phi) is 6.09. The number of ketones is 1. The van der Waals surface area contributed by atoms with E-state index >= 15 is 0 Å². The largest absolute Gasteiger partial charge is 0.511 e. The van der Waals surface area contributed by atoms with Crippen molar-refractivity contribution < 1.29 is 19.4 Å². The number of hydrogen-bond donors (Lipinski definition) is 1. The SMILES string of the molecule is CCOC(=O)c1c(N=CC2=C(O)C(c3ccccc3)CCC2=O)sc(C)c1C. The van der Waals surface area contributed by atoms with Crippen LogP contribution >= 0.6 is 11.3 Å². The van der Waals surface area contributed by atoms with Gasteiger partial charge in [0.1, 0.15) is 10.8 Å². The Hall–Kier alpha value is -2.73. The first-order valence-corrected chi connectivity index (χ1v) is 10.1. The van der Waals surface area contributed by atoms with Gasteiger partial charge in [-0.15, -0.1) is 11.3 Å². The molecule has 1 heterocycles. The van der Waals surface area contributed by atoms with Crippen molar-refractivity contribution in [2.24, 2.45) is 4.99 Å². The molecule has 0 aliphatic heterocycles. The van der Waals surface area contributed by atoms with Crippen LogP contribution in [-0.4, -0.2) is 29.7 Å². The molecule has 28 heavy (non-hydrogen) atoms. The summed E-state index contributed by atoms with van der Waals surface area (Å²) < 4.78 is 5.14. The van der Waals surface area contributed by atoms with E-state index in [0.29, 0.717) is 23.4 Å². The Labute approximate surface area is 168 Å². The van der Waals surface area contributed by atoms with Crippen molar-refractivity contribution in [1.29, 1.82) is 0 Å². The molecule has 1 atom stereocenters. The number of carbonyl (C=O) groups excluding carboxylic acids is 2. The molecule has 0 spiro atoms. The number of ether oxygens (including phenoxy) is 1. The molecule has 1 unspecified atom stereocenters. The molecule has 5 nitrogen and oxygen atoms in total. The van der Waals surface area contributed by atoms with Crippen LogP contribution in [0.15, 0.2) is 46.7 Å². The second kappa shape index (κ2) is 8.52. The van der Waals surface area contributed by atoms with Crippen LogP contribution in [0, 0.1) is 13.8 Å². The van der Waals surface area contributed by atoms with Crippen LogP contribution in [0.4, 0.5) is 5.00 Å². The average molecular weight is 397 g/mol. The quantitative estimate of drug-likeness (QED) is 0.555. The highest BCUT2D eigenvalue weighted by Crippen LogP contribution is 2.37. The summed E-state index contributed by atoms with van der Waals surface area (Å²) in [5, 5.41) is 11.2. The lowest BCUT2D eigenvalue weighted by atomic mass is 9.83. The summed E-state index contributed by atoms with van der Waals surface area (Å²) in [6, 6.07) is 9.62. The summed E-state index contributed by atoms with van der Waals surface area (Å²) in [5.74, 6) is -0.756. The third kappa shape index (κ3) is 3.92. The molecule has 1 N–H and O–H groups in total. The third-order valence-electron chi connectivity index (χ3n) is 4.93. The zero-order valence-electron chi connectivity index (χ0n) is 16.2. The van der Waals surface area contributed by atoms with Crippen LogP contribution < -0.4 is 0 Å². The first kappa shape index (κ1) is 20.0. The molecule has 1 aliphatic carbocycles. The molecule has 0 radical (unpaired) electrons. The van der Waals surface area contributed by atoms with Crippen molar-refractivity contribution in [3.05, 3.63) is 63.2 Å². The zero-order valence-corrected chi connectivity index (χ0v) is 17.0. The van der Waals surface area contributed by atoms with Gasteiger partial charge in [0.2, 0.25) is 0 Å². The summed E-state index contributed by atoms with van der Waals surface area (Å²) in [7, 11) is 0. The van der Waals surface area contributed by atoms with Crippen molar-refractivity contribution >= 4 is 34.3 Å². The monoisotopic (exact) mass is 397 g/mol. The molecule has 6 heteroatoms. The van der Waals surface area contributed by atoms with Gasteiger partial charge in [-0.1, -0.05) is 30.3 Å². The van der Waals surface area contributed by atoms with Crippen LogP contribution in [0.3, 0.4) is 0 Å². The number of hydrogen-bond acceptors (Lipinski definition) is 6. The van der Waals surface area contributed by atoms with Gasteiger partial charge in [0.25, 0.3) is 0 Å². The molecule has 1 aromatic heterocycles. The maximum atomic E-state index is 12.4. The van der Waals surface area contributed by atoms with Gasteiger partial charge in [-0.2, -0.15) is 0 Å². The molecule has 1 aromatic carbocycles. The number of allylic oxidation sites excluding steroid dienone is 2. The van der Waals surface area contributed by atoms with Crippen molar-refractivity contribution in [2.75, 3.05) is 6.61 Å². The zero-order chi connectivity index (χ0) is 20.3. The number of aliphatic hydroxyl groups is 1. The fourth-order valence-electron chi connectivity index (χ4n) is 3.29. The number of nitrogens with zero attached hydrogens (tertiary/aromatic N) is 1. The highest BCUT2D eigenvalue weighted by atomic mass is 32.1. The fraction of sp³-hybridized carbons (Fsp3) is 0.318. The Morgan fingerprint density at radius 3 is 2.71 bits per heavy atom. The van der Waals surface area contributed by atoms with Gasteiger partial charge in [0.05, 0.1) is 17.7 Å². The molecule has 0 amide bonds. The molecule has 2 aromatic rings. The highest BCUT2D eigenvalue weighted by molar-refractivity contribution is 7.16. The third-order valence-corrected chi connectivity index (χ3v) is 6.04. The van der Waals surface area contributed by atoms with E-state index in [1.165, 1.54) is 17.6 Å². The van der Waals surface area contributed by atoms with Gasteiger partial charge in [-0.25, -0.2) is 9.79 Å². The van der Waals surface area contributed by atoms with Crippen LogP contribution in [0.1, 0.15) is 52.0 Å². The summed E-state index contributed by atoms with van der Waals surface area (Å²) in [4.78, 5) is 30.1. The smallest absolute Gasteiger partial charge is 0.341 e. The lowest BCUT2D eigenvalue weighted by Gasteiger charge is -2.22. The standard InChI is InChI=1S/C22H23NO4S/c1-4-27-22(26)19-13(2)14(3)28-21(19)23-12-17-18(24)11-10-16(20(17)25)15-8-6-5-7-9-15/h5-9,12,16,25H,4,10-11H2,1-3H3. The van der Waals surface area contributed by atoms with Gasteiger partial charge >= 0.3 is 5.97 Å². The molecule has 0 saturated heterocycles. The average Bonchev–Trinajstić information content (AvgIpc) is 2.96. The molecular weight excluding hydrogens is 374 g/mol. The number of aryl methyl sites for hydroxylation is 1. The normalized spacial score (nSPS) is 17.4. The maximum absolute atomic E-state index is 12.4. The Bertz CT molecular complexity index is 956. The van der Waals surface area contributed by atoms with E-state index in [1.54, 1.807) is 6.92 Å². The van der Waals surface area contributed by atoms with Gasteiger partial charge in [0.15, 0.2) is 5.78 Å². The van der Waals surface area contributed by atoms with Crippen molar-refractivity contribution in [3.8, 4) is 0 Å². The first-order chi connectivity index (χ1) is 13.4. The predicted molar refractivity (Wildman–Crippen MR) is 111 cm³/mol. The first-order valence-electron chi connectivity index (χ1n) is 9.26. The Morgan fingerprint density at radius 2 is 2.04 bits per heavy atom. The summed E-state index contributed by atoms with van der Waals surface area (Å²) >= 11 is 1.37.